The molecule has 0 unspecified atom stereocenters. The molecule has 0 aliphatic rings. The van der Waals surface area contributed by atoms with Crippen molar-refractivity contribution in [3.63, 3.8) is 0 Å². The molecule has 0 radical (unpaired) electrons. The Morgan fingerprint density at radius 2 is 1.90 bits per heavy atom. The monoisotopic (exact) mass is 349 g/mol. The summed E-state index contributed by atoms with van der Waals surface area (Å²) >= 11 is 3.38. The van der Waals surface area contributed by atoms with Gasteiger partial charge in [-0.1, -0.05) is 12.1 Å². The van der Waals surface area contributed by atoms with Crippen LogP contribution in [-0.2, 0) is 6.61 Å². The molecule has 21 heavy (non-hydrogen) atoms. The first-order valence-corrected chi connectivity index (χ1v) is 7.17. The number of hydrogen-bond donors (Lipinski definition) is 0. The Bertz CT molecular complexity index is 665. The summed E-state index contributed by atoms with van der Waals surface area (Å²) in [5, 5.41) is 8.98. The number of hydrogen-bond acceptors (Lipinski definition) is 3. The van der Waals surface area contributed by atoms with E-state index in [0.717, 1.165) is 5.56 Å². The lowest BCUT2D eigenvalue weighted by atomic mass is 10.2. The highest BCUT2D eigenvalue weighted by Crippen LogP contribution is 2.37. The van der Waals surface area contributed by atoms with Crippen LogP contribution >= 0.6 is 15.9 Å². The van der Waals surface area contributed by atoms with Crippen molar-refractivity contribution >= 4 is 15.9 Å². The second-order valence-electron chi connectivity index (χ2n) is 4.25. The quantitative estimate of drug-likeness (QED) is 0.801. The lowest BCUT2D eigenvalue weighted by Crippen LogP contribution is -2.01. The van der Waals surface area contributed by atoms with Crippen LogP contribution in [0.5, 0.6) is 11.5 Å². The van der Waals surface area contributed by atoms with Crippen molar-refractivity contribution in [2.45, 2.75) is 13.5 Å². The van der Waals surface area contributed by atoms with E-state index in [2.05, 4.69) is 22.0 Å². The van der Waals surface area contributed by atoms with Gasteiger partial charge in [0.15, 0.2) is 11.5 Å². The van der Waals surface area contributed by atoms with Gasteiger partial charge in [0.05, 0.1) is 22.7 Å². The van der Waals surface area contributed by atoms with E-state index < -0.39 is 0 Å². The minimum Gasteiger partial charge on any atom is -0.490 e. The van der Waals surface area contributed by atoms with E-state index >= 15 is 0 Å². The Kier molecular flexibility index (Phi) is 5.18. The molecule has 0 aromatic heterocycles. The Labute approximate surface area is 131 Å². The van der Waals surface area contributed by atoms with E-state index in [1.165, 1.54) is 12.1 Å². The van der Waals surface area contributed by atoms with Gasteiger partial charge in [-0.3, -0.25) is 0 Å². The van der Waals surface area contributed by atoms with Crippen LogP contribution in [0.15, 0.2) is 40.9 Å². The highest BCUT2D eigenvalue weighted by molar-refractivity contribution is 9.10. The first-order chi connectivity index (χ1) is 10.1. The molecule has 0 aliphatic carbocycles. The van der Waals surface area contributed by atoms with E-state index in [9.17, 15) is 4.39 Å². The molecule has 0 saturated carbocycles. The van der Waals surface area contributed by atoms with Crippen LogP contribution in [0.1, 0.15) is 18.1 Å². The molecule has 0 heterocycles. The summed E-state index contributed by atoms with van der Waals surface area (Å²) in [4.78, 5) is 0. The summed E-state index contributed by atoms with van der Waals surface area (Å²) in [7, 11) is 0. The third-order valence-corrected chi connectivity index (χ3v) is 3.32. The van der Waals surface area contributed by atoms with Crippen LogP contribution in [0.3, 0.4) is 0 Å². The molecule has 108 valence electrons. The number of halogens is 2. The van der Waals surface area contributed by atoms with E-state index in [1.54, 1.807) is 24.3 Å². The summed E-state index contributed by atoms with van der Waals surface area (Å²) in [5.74, 6) is 0.749. The molecule has 0 saturated heterocycles. The molecule has 3 nitrogen and oxygen atoms in total. The van der Waals surface area contributed by atoms with Crippen LogP contribution in [0.25, 0.3) is 0 Å². The maximum Gasteiger partial charge on any atom is 0.175 e. The minimum atomic E-state index is -0.284. The Balaban J connectivity index is 2.22. The first kappa shape index (κ1) is 15.3. The molecule has 2 aromatic carbocycles. The molecule has 0 N–H and O–H groups in total. The first-order valence-electron chi connectivity index (χ1n) is 6.37. The maximum absolute atomic E-state index is 12.9. The number of benzene rings is 2. The SMILES string of the molecule is CCOc1cc(C#N)cc(Br)c1OCc1ccc(F)cc1. The second-order valence-corrected chi connectivity index (χ2v) is 5.10. The van der Waals surface area contributed by atoms with Crippen molar-refractivity contribution in [2.75, 3.05) is 6.61 Å². The Morgan fingerprint density at radius 1 is 1.19 bits per heavy atom. The predicted molar refractivity (Wildman–Crippen MR) is 80.8 cm³/mol. The molecular formula is C16H13BrFNO2. The Morgan fingerprint density at radius 3 is 2.52 bits per heavy atom. The molecule has 0 aliphatic heterocycles. The van der Waals surface area contributed by atoms with Crippen molar-refractivity contribution in [1.82, 2.24) is 0 Å². The average molecular weight is 350 g/mol. The highest BCUT2D eigenvalue weighted by atomic mass is 79.9. The Hall–Kier alpha value is -2.06. The zero-order valence-electron chi connectivity index (χ0n) is 11.4. The molecule has 0 fully saturated rings. The lowest BCUT2D eigenvalue weighted by Gasteiger charge is -2.14. The van der Waals surface area contributed by atoms with Gasteiger partial charge in [-0.15, -0.1) is 0 Å². The van der Waals surface area contributed by atoms with Gasteiger partial charge >= 0.3 is 0 Å². The van der Waals surface area contributed by atoms with Crippen LogP contribution < -0.4 is 9.47 Å². The van der Waals surface area contributed by atoms with E-state index in [4.69, 9.17) is 14.7 Å². The van der Waals surface area contributed by atoms with Gasteiger partial charge < -0.3 is 9.47 Å². The lowest BCUT2D eigenvalue weighted by molar-refractivity contribution is 0.267. The largest absolute Gasteiger partial charge is 0.490 e. The summed E-state index contributed by atoms with van der Waals surface area (Å²) in [5.41, 5.74) is 1.33. The van der Waals surface area contributed by atoms with Crippen LogP contribution in [0.2, 0.25) is 0 Å². The van der Waals surface area contributed by atoms with Crippen molar-refractivity contribution in [2.24, 2.45) is 0 Å². The zero-order chi connectivity index (χ0) is 15.2. The van der Waals surface area contributed by atoms with E-state index in [1.807, 2.05) is 6.92 Å². The molecule has 2 rings (SSSR count). The molecule has 2 aromatic rings. The molecular weight excluding hydrogens is 337 g/mol. The molecule has 0 amide bonds. The fraction of sp³-hybridized carbons (Fsp3) is 0.188. The maximum atomic E-state index is 12.9. The van der Waals surface area contributed by atoms with Crippen molar-refractivity contribution in [3.05, 3.63) is 57.8 Å². The third kappa shape index (κ3) is 3.96. The zero-order valence-corrected chi connectivity index (χ0v) is 13.0. The normalized spacial score (nSPS) is 10.0. The summed E-state index contributed by atoms with van der Waals surface area (Å²) < 4.78 is 24.8. The number of rotatable bonds is 5. The van der Waals surface area contributed by atoms with E-state index in [0.29, 0.717) is 28.1 Å². The standard InChI is InChI=1S/C16H13BrFNO2/c1-2-20-15-8-12(9-19)7-14(17)16(15)21-10-11-3-5-13(18)6-4-11/h3-8H,2,10H2,1H3. The fourth-order valence-corrected chi connectivity index (χ4v) is 2.33. The minimum absolute atomic E-state index is 0.283. The van der Waals surface area contributed by atoms with Crippen molar-refractivity contribution in [1.29, 1.82) is 5.26 Å². The number of nitrogens with zero attached hydrogens (tertiary/aromatic N) is 1. The van der Waals surface area contributed by atoms with Crippen LogP contribution in [0.4, 0.5) is 4.39 Å². The van der Waals surface area contributed by atoms with Gasteiger partial charge in [-0.05, 0) is 46.6 Å². The van der Waals surface area contributed by atoms with Crippen LogP contribution in [-0.4, -0.2) is 6.61 Å². The van der Waals surface area contributed by atoms with Gasteiger partial charge in [0.2, 0.25) is 0 Å². The van der Waals surface area contributed by atoms with Gasteiger partial charge in [-0.25, -0.2) is 4.39 Å². The van der Waals surface area contributed by atoms with Gasteiger partial charge in [0, 0.05) is 6.07 Å². The molecule has 5 heteroatoms. The topological polar surface area (TPSA) is 42.2 Å². The third-order valence-electron chi connectivity index (χ3n) is 2.73. The number of nitriles is 1. The fourth-order valence-electron chi connectivity index (χ4n) is 1.77. The van der Waals surface area contributed by atoms with Gasteiger partial charge in [-0.2, -0.15) is 5.26 Å². The smallest absolute Gasteiger partial charge is 0.175 e. The molecule has 0 bridgehead atoms. The molecule has 0 atom stereocenters. The second kappa shape index (κ2) is 7.09. The highest BCUT2D eigenvalue weighted by Gasteiger charge is 2.12. The predicted octanol–water partition coefficient (Wildman–Crippen LogP) is 4.44. The average Bonchev–Trinajstić information content (AvgIpc) is 2.48. The van der Waals surface area contributed by atoms with Gasteiger partial charge in [0.25, 0.3) is 0 Å². The van der Waals surface area contributed by atoms with Crippen molar-refractivity contribution in [3.8, 4) is 17.6 Å². The molecule has 0 spiro atoms. The summed E-state index contributed by atoms with van der Waals surface area (Å²) in [6, 6.07) is 11.5. The van der Waals surface area contributed by atoms with E-state index in [-0.39, 0.29) is 12.4 Å². The summed E-state index contributed by atoms with van der Waals surface area (Å²) in [6.45, 7) is 2.61. The van der Waals surface area contributed by atoms with Crippen LogP contribution in [0, 0.1) is 17.1 Å². The summed E-state index contributed by atoms with van der Waals surface area (Å²) in [6.07, 6.45) is 0. The number of ether oxygens (including phenoxy) is 2. The van der Waals surface area contributed by atoms with Crippen molar-refractivity contribution < 1.29 is 13.9 Å². The van der Waals surface area contributed by atoms with Gasteiger partial charge in [0.1, 0.15) is 12.4 Å².